The van der Waals surface area contributed by atoms with Crippen molar-refractivity contribution in [3.05, 3.63) is 24.2 Å². The molecule has 0 unspecified atom stereocenters. The van der Waals surface area contributed by atoms with Crippen molar-refractivity contribution in [3.8, 4) is 0 Å². The summed E-state index contributed by atoms with van der Waals surface area (Å²) in [6.45, 7) is 0.419. The van der Waals surface area contributed by atoms with Gasteiger partial charge in [-0.2, -0.15) is 0 Å². The van der Waals surface area contributed by atoms with E-state index in [1.165, 1.54) is 4.90 Å². The Morgan fingerprint density at radius 3 is 3.00 bits per heavy atom. The minimum atomic E-state index is -0.457. The van der Waals surface area contributed by atoms with E-state index in [1.807, 2.05) is 0 Å². The Bertz CT molecular complexity index is 231. The highest BCUT2D eigenvalue weighted by atomic mass is 16.3. The average molecular weight is 154 g/mol. The van der Waals surface area contributed by atoms with Crippen LogP contribution in [0.25, 0.3) is 0 Å². The van der Waals surface area contributed by atoms with Gasteiger partial charge >= 0.3 is 6.03 Å². The van der Waals surface area contributed by atoms with Gasteiger partial charge in [-0.3, -0.25) is 0 Å². The van der Waals surface area contributed by atoms with Crippen LogP contribution in [0.2, 0.25) is 0 Å². The first kappa shape index (κ1) is 7.65. The van der Waals surface area contributed by atoms with Crippen LogP contribution in [0, 0.1) is 0 Å². The quantitative estimate of drug-likeness (QED) is 0.684. The predicted molar refractivity (Wildman–Crippen MR) is 39.8 cm³/mol. The van der Waals surface area contributed by atoms with Crippen molar-refractivity contribution < 1.29 is 9.21 Å². The normalized spacial score (nSPS) is 9.55. The monoisotopic (exact) mass is 154 g/mol. The van der Waals surface area contributed by atoms with E-state index in [4.69, 9.17) is 10.2 Å². The molecular weight excluding hydrogens is 144 g/mol. The Morgan fingerprint density at radius 2 is 2.55 bits per heavy atom. The third-order valence-electron chi connectivity index (χ3n) is 1.35. The number of primary amides is 1. The summed E-state index contributed by atoms with van der Waals surface area (Å²) in [5.41, 5.74) is 5.00. The molecule has 1 aromatic rings. The lowest BCUT2D eigenvalue weighted by atomic mass is 10.4. The first-order valence-corrected chi connectivity index (χ1v) is 3.23. The number of carbonyl (C=O) groups is 1. The van der Waals surface area contributed by atoms with Crippen LogP contribution in [0.1, 0.15) is 5.76 Å². The number of hydrogen-bond donors (Lipinski definition) is 1. The summed E-state index contributed by atoms with van der Waals surface area (Å²) in [5.74, 6) is 0.728. The summed E-state index contributed by atoms with van der Waals surface area (Å²) < 4.78 is 5.00. The molecule has 2 N–H and O–H groups in total. The number of nitrogens with zero attached hydrogens (tertiary/aromatic N) is 1. The largest absolute Gasteiger partial charge is 0.467 e. The molecule has 1 rings (SSSR count). The highest BCUT2D eigenvalue weighted by Gasteiger charge is 2.04. The highest BCUT2D eigenvalue weighted by molar-refractivity contribution is 5.71. The Kier molecular flexibility index (Phi) is 2.15. The summed E-state index contributed by atoms with van der Waals surface area (Å²) >= 11 is 0. The van der Waals surface area contributed by atoms with E-state index in [2.05, 4.69) is 0 Å². The molecule has 0 radical (unpaired) electrons. The van der Waals surface area contributed by atoms with Gasteiger partial charge in [0.1, 0.15) is 5.76 Å². The summed E-state index contributed by atoms with van der Waals surface area (Å²) in [4.78, 5) is 11.9. The molecule has 0 saturated heterocycles. The Morgan fingerprint density at radius 1 is 1.82 bits per heavy atom. The van der Waals surface area contributed by atoms with E-state index < -0.39 is 6.03 Å². The van der Waals surface area contributed by atoms with Crippen LogP contribution in [0.15, 0.2) is 22.8 Å². The molecule has 4 nitrogen and oxygen atoms in total. The van der Waals surface area contributed by atoms with Gasteiger partial charge in [0, 0.05) is 7.05 Å². The predicted octanol–water partition coefficient (Wildman–Crippen LogP) is 0.790. The second-order valence-corrected chi connectivity index (χ2v) is 2.27. The van der Waals surface area contributed by atoms with Crippen LogP contribution < -0.4 is 5.73 Å². The van der Waals surface area contributed by atoms with Gasteiger partial charge in [-0.25, -0.2) is 4.79 Å². The fourth-order valence-corrected chi connectivity index (χ4v) is 0.714. The maximum Gasteiger partial charge on any atom is 0.314 e. The minimum Gasteiger partial charge on any atom is -0.467 e. The second kappa shape index (κ2) is 3.09. The molecule has 11 heavy (non-hydrogen) atoms. The third-order valence-corrected chi connectivity index (χ3v) is 1.35. The van der Waals surface area contributed by atoms with Crippen molar-refractivity contribution in [3.63, 3.8) is 0 Å². The number of urea groups is 1. The van der Waals surface area contributed by atoms with Gasteiger partial charge in [0.2, 0.25) is 0 Å². The van der Waals surface area contributed by atoms with Gasteiger partial charge in [-0.15, -0.1) is 0 Å². The van der Waals surface area contributed by atoms with Gasteiger partial charge in [0.05, 0.1) is 12.8 Å². The lowest BCUT2D eigenvalue weighted by Crippen LogP contribution is -2.31. The van der Waals surface area contributed by atoms with Gasteiger partial charge in [-0.05, 0) is 12.1 Å². The first-order valence-electron chi connectivity index (χ1n) is 3.23. The molecule has 60 valence electrons. The van der Waals surface area contributed by atoms with Crippen molar-refractivity contribution in [1.29, 1.82) is 0 Å². The van der Waals surface area contributed by atoms with Gasteiger partial charge in [-0.1, -0.05) is 0 Å². The summed E-state index contributed by atoms with van der Waals surface area (Å²) in [6.07, 6.45) is 1.56. The zero-order chi connectivity index (χ0) is 8.27. The number of nitrogens with two attached hydrogens (primary N) is 1. The number of furan rings is 1. The SMILES string of the molecule is CN(Cc1ccco1)C(N)=O. The molecule has 0 fully saturated rings. The van der Waals surface area contributed by atoms with Crippen molar-refractivity contribution >= 4 is 6.03 Å². The van der Waals surface area contributed by atoms with Gasteiger partial charge in [0.15, 0.2) is 0 Å². The number of rotatable bonds is 2. The molecule has 2 amide bonds. The molecule has 0 aliphatic rings. The standard InChI is InChI=1S/C7H10N2O2/c1-9(7(8)10)5-6-3-2-4-11-6/h2-4H,5H2,1H3,(H2,8,10). The van der Waals surface area contributed by atoms with Crippen LogP contribution in [0.5, 0.6) is 0 Å². The molecule has 0 aliphatic heterocycles. The first-order chi connectivity index (χ1) is 5.20. The molecule has 1 heterocycles. The van der Waals surface area contributed by atoms with E-state index >= 15 is 0 Å². The van der Waals surface area contributed by atoms with E-state index in [1.54, 1.807) is 25.4 Å². The molecular formula is C7H10N2O2. The Balaban J connectivity index is 2.50. The fraction of sp³-hybridized carbons (Fsp3) is 0.286. The Labute approximate surface area is 64.6 Å². The van der Waals surface area contributed by atoms with Crippen LogP contribution in [0.4, 0.5) is 4.79 Å². The summed E-state index contributed by atoms with van der Waals surface area (Å²) in [6, 6.07) is 3.10. The molecule has 0 bridgehead atoms. The molecule has 0 saturated carbocycles. The maximum atomic E-state index is 10.5. The topological polar surface area (TPSA) is 59.5 Å². The third kappa shape index (κ3) is 2.00. The highest BCUT2D eigenvalue weighted by Crippen LogP contribution is 2.02. The molecule has 0 aliphatic carbocycles. The van der Waals surface area contributed by atoms with Crippen molar-refractivity contribution in [2.45, 2.75) is 6.54 Å². The molecule has 0 aromatic carbocycles. The average Bonchev–Trinajstić information content (AvgIpc) is 2.39. The van der Waals surface area contributed by atoms with Crippen molar-refractivity contribution in [1.82, 2.24) is 4.90 Å². The van der Waals surface area contributed by atoms with Gasteiger partial charge < -0.3 is 15.1 Å². The molecule has 4 heteroatoms. The lowest BCUT2D eigenvalue weighted by molar-refractivity contribution is 0.212. The molecule has 0 spiro atoms. The van der Waals surface area contributed by atoms with Gasteiger partial charge in [0.25, 0.3) is 0 Å². The van der Waals surface area contributed by atoms with Crippen LogP contribution in [0.3, 0.4) is 0 Å². The second-order valence-electron chi connectivity index (χ2n) is 2.27. The summed E-state index contributed by atoms with van der Waals surface area (Å²) in [5, 5.41) is 0. The van der Waals surface area contributed by atoms with Crippen LogP contribution in [-0.4, -0.2) is 18.0 Å². The number of carbonyl (C=O) groups excluding carboxylic acids is 1. The van der Waals surface area contributed by atoms with E-state index in [0.29, 0.717) is 6.54 Å². The van der Waals surface area contributed by atoms with Crippen molar-refractivity contribution in [2.24, 2.45) is 5.73 Å². The molecule has 1 aromatic heterocycles. The van der Waals surface area contributed by atoms with E-state index in [0.717, 1.165) is 5.76 Å². The number of amides is 2. The lowest BCUT2D eigenvalue weighted by Gasteiger charge is -2.10. The van der Waals surface area contributed by atoms with E-state index in [9.17, 15) is 4.79 Å². The zero-order valence-electron chi connectivity index (χ0n) is 6.28. The van der Waals surface area contributed by atoms with Crippen LogP contribution in [-0.2, 0) is 6.54 Å². The maximum absolute atomic E-state index is 10.5. The number of hydrogen-bond acceptors (Lipinski definition) is 2. The van der Waals surface area contributed by atoms with E-state index in [-0.39, 0.29) is 0 Å². The Hall–Kier alpha value is -1.45. The fourth-order valence-electron chi connectivity index (χ4n) is 0.714. The zero-order valence-corrected chi connectivity index (χ0v) is 6.28. The van der Waals surface area contributed by atoms with Crippen molar-refractivity contribution in [2.75, 3.05) is 7.05 Å². The minimum absolute atomic E-state index is 0.419. The van der Waals surface area contributed by atoms with Crippen LogP contribution >= 0.6 is 0 Å². The smallest absolute Gasteiger partial charge is 0.314 e. The molecule has 0 atom stereocenters. The summed E-state index contributed by atoms with van der Waals surface area (Å²) in [7, 11) is 1.62.